The SMILES string of the molecule is O=C(NCCCN1CCCCCC1)N[C@@H]1CC(=O)N(c2ccc3c(c2)OCCO3)C1. The summed E-state index contributed by atoms with van der Waals surface area (Å²) in [4.78, 5) is 28.9. The summed E-state index contributed by atoms with van der Waals surface area (Å²) in [5.41, 5.74) is 0.770. The normalized spacial score (nSPS) is 21.9. The van der Waals surface area contributed by atoms with E-state index in [1.54, 1.807) is 4.90 Å². The molecule has 30 heavy (non-hydrogen) atoms. The van der Waals surface area contributed by atoms with Crippen molar-refractivity contribution in [2.45, 2.75) is 44.6 Å². The Hall–Kier alpha value is -2.48. The average molecular weight is 417 g/mol. The maximum Gasteiger partial charge on any atom is 0.315 e. The molecule has 1 atom stereocenters. The van der Waals surface area contributed by atoms with E-state index in [2.05, 4.69) is 15.5 Å². The predicted molar refractivity (Wildman–Crippen MR) is 114 cm³/mol. The maximum absolute atomic E-state index is 12.5. The molecule has 3 aliphatic rings. The number of rotatable bonds is 6. The number of amides is 3. The minimum atomic E-state index is -0.201. The van der Waals surface area contributed by atoms with Crippen LogP contribution in [0.3, 0.4) is 0 Å². The van der Waals surface area contributed by atoms with Crippen molar-refractivity contribution in [3.8, 4) is 11.5 Å². The first kappa shape index (κ1) is 20.8. The van der Waals surface area contributed by atoms with Gasteiger partial charge >= 0.3 is 6.03 Å². The van der Waals surface area contributed by atoms with Gasteiger partial charge in [0.2, 0.25) is 5.91 Å². The highest BCUT2D eigenvalue weighted by molar-refractivity contribution is 5.97. The lowest BCUT2D eigenvalue weighted by Gasteiger charge is -2.22. The zero-order valence-corrected chi connectivity index (χ0v) is 17.5. The first-order valence-electron chi connectivity index (χ1n) is 11.2. The van der Waals surface area contributed by atoms with Crippen LogP contribution < -0.4 is 25.0 Å². The van der Waals surface area contributed by atoms with E-state index in [4.69, 9.17) is 9.47 Å². The van der Waals surface area contributed by atoms with Gasteiger partial charge < -0.3 is 29.9 Å². The lowest BCUT2D eigenvalue weighted by Crippen LogP contribution is -2.44. The van der Waals surface area contributed by atoms with Crippen molar-refractivity contribution in [3.63, 3.8) is 0 Å². The second kappa shape index (κ2) is 10.0. The predicted octanol–water partition coefficient (Wildman–Crippen LogP) is 2.13. The van der Waals surface area contributed by atoms with Gasteiger partial charge in [0, 0.05) is 31.3 Å². The molecule has 0 bridgehead atoms. The number of benzene rings is 1. The summed E-state index contributed by atoms with van der Waals surface area (Å²) in [7, 11) is 0. The van der Waals surface area contributed by atoms with Crippen LogP contribution in [0, 0.1) is 0 Å². The molecular weight excluding hydrogens is 384 g/mol. The Bertz CT molecular complexity index is 749. The summed E-state index contributed by atoms with van der Waals surface area (Å²) in [6, 6.07) is 5.12. The molecule has 0 aromatic heterocycles. The number of urea groups is 1. The van der Waals surface area contributed by atoms with Gasteiger partial charge in [0.05, 0.1) is 6.04 Å². The number of hydrogen-bond donors (Lipinski definition) is 2. The second-order valence-corrected chi connectivity index (χ2v) is 8.24. The number of fused-ring (bicyclic) bond motifs is 1. The number of hydrogen-bond acceptors (Lipinski definition) is 5. The van der Waals surface area contributed by atoms with Crippen molar-refractivity contribution in [2.24, 2.45) is 0 Å². The number of likely N-dealkylation sites (tertiary alicyclic amines) is 1. The fourth-order valence-corrected chi connectivity index (χ4v) is 4.35. The Morgan fingerprint density at radius 1 is 1.07 bits per heavy atom. The third kappa shape index (κ3) is 5.36. The second-order valence-electron chi connectivity index (χ2n) is 8.24. The minimum absolute atomic E-state index is 0.00172. The van der Waals surface area contributed by atoms with E-state index < -0.39 is 0 Å². The van der Waals surface area contributed by atoms with Crippen molar-refractivity contribution in [1.82, 2.24) is 15.5 Å². The van der Waals surface area contributed by atoms with E-state index >= 15 is 0 Å². The van der Waals surface area contributed by atoms with Gasteiger partial charge in [-0.25, -0.2) is 4.79 Å². The van der Waals surface area contributed by atoms with E-state index in [1.807, 2.05) is 18.2 Å². The standard InChI is InChI=1S/C22H32N4O4/c27-21-14-17(16-26(21)18-6-7-19-20(15-18)30-13-12-29-19)24-22(28)23-8-5-11-25-9-3-1-2-4-10-25/h6-7,15,17H,1-5,8-14,16H2,(H2,23,24,28)/t17-/m1/s1. The largest absolute Gasteiger partial charge is 0.486 e. The average Bonchev–Trinajstić information content (AvgIpc) is 2.94. The first-order valence-corrected chi connectivity index (χ1v) is 11.2. The topological polar surface area (TPSA) is 83.1 Å². The number of carbonyl (C=O) groups excluding carboxylic acids is 2. The highest BCUT2D eigenvalue weighted by Crippen LogP contribution is 2.35. The van der Waals surface area contributed by atoms with Gasteiger partial charge in [0.15, 0.2) is 11.5 Å². The fourth-order valence-electron chi connectivity index (χ4n) is 4.35. The van der Waals surface area contributed by atoms with Crippen LogP contribution in [0.1, 0.15) is 38.5 Å². The Kier molecular flexibility index (Phi) is 6.94. The Morgan fingerprint density at radius 2 is 1.83 bits per heavy atom. The molecule has 1 aromatic carbocycles. The van der Waals surface area contributed by atoms with Crippen molar-refractivity contribution in [2.75, 3.05) is 50.8 Å². The van der Waals surface area contributed by atoms with Crippen LogP contribution in [-0.4, -0.2) is 68.8 Å². The van der Waals surface area contributed by atoms with Crippen LogP contribution in [0.2, 0.25) is 0 Å². The summed E-state index contributed by atoms with van der Waals surface area (Å²) < 4.78 is 11.1. The maximum atomic E-state index is 12.5. The third-order valence-electron chi connectivity index (χ3n) is 5.93. The van der Waals surface area contributed by atoms with E-state index in [-0.39, 0.29) is 18.0 Å². The van der Waals surface area contributed by atoms with Gasteiger partial charge in [-0.05, 0) is 51.0 Å². The lowest BCUT2D eigenvalue weighted by atomic mass is 10.2. The highest BCUT2D eigenvalue weighted by atomic mass is 16.6. The van der Waals surface area contributed by atoms with Crippen molar-refractivity contribution in [1.29, 1.82) is 0 Å². The molecule has 0 spiro atoms. The summed E-state index contributed by atoms with van der Waals surface area (Å²) in [5, 5.41) is 5.87. The summed E-state index contributed by atoms with van der Waals surface area (Å²) in [6.07, 6.45) is 6.48. The summed E-state index contributed by atoms with van der Waals surface area (Å²) in [6.45, 7) is 5.52. The monoisotopic (exact) mass is 416 g/mol. The third-order valence-corrected chi connectivity index (χ3v) is 5.93. The van der Waals surface area contributed by atoms with Crippen molar-refractivity contribution < 1.29 is 19.1 Å². The van der Waals surface area contributed by atoms with Gasteiger partial charge in [0.25, 0.3) is 0 Å². The summed E-state index contributed by atoms with van der Waals surface area (Å²) >= 11 is 0. The van der Waals surface area contributed by atoms with Crippen molar-refractivity contribution >= 4 is 17.6 Å². The molecule has 4 rings (SSSR count). The summed E-state index contributed by atoms with van der Waals surface area (Å²) in [5.74, 6) is 1.36. The molecule has 2 saturated heterocycles. The number of anilines is 1. The molecule has 8 heteroatoms. The zero-order valence-electron chi connectivity index (χ0n) is 17.5. The van der Waals surface area contributed by atoms with Crippen LogP contribution in [0.4, 0.5) is 10.5 Å². The molecule has 2 fully saturated rings. The first-order chi connectivity index (χ1) is 14.7. The quantitative estimate of drug-likeness (QED) is 0.694. The molecule has 8 nitrogen and oxygen atoms in total. The van der Waals surface area contributed by atoms with E-state index in [0.29, 0.717) is 44.2 Å². The number of nitrogens with zero attached hydrogens (tertiary/aromatic N) is 2. The number of ether oxygens (including phenoxy) is 2. The van der Waals surface area contributed by atoms with Gasteiger partial charge in [-0.15, -0.1) is 0 Å². The number of nitrogens with one attached hydrogen (secondary N) is 2. The van der Waals surface area contributed by atoms with Gasteiger partial charge in [-0.2, -0.15) is 0 Å². The molecule has 0 aliphatic carbocycles. The van der Waals surface area contributed by atoms with Gasteiger partial charge in [-0.3, -0.25) is 4.79 Å². The molecule has 3 amide bonds. The fraction of sp³-hybridized carbons (Fsp3) is 0.636. The van der Waals surface area contributed by atoms with Gasteiger partial charge in [0.1, 0.15) is 13.2 Å². The van der Waals surface area contributed by atoms with Crippen LogP contribution in [0.25, 0.3) is 0 Å². The number of carbonyl (C=O) groups is 2. The molecule has 1 aromatic rings. The van der Waals surface area contributed by atoms with E-state index in [1.165, 1.54) is 38.8 Å². The molecule has 0 unspecified atom stereocenters. The zero-order chi connectivity index (χ0) is 20.8. The van der Waals surface area contributed by atoms with Crippen LogP contribution in [0.15, 0.2) is 18.2 Å². The smallest absolute Gasteiger partial charge is 0.315 e. The molecule has 0 saturated carbocycles. The van der Waals surface area contributed by atoms with Gasteiger partial charge in [-0.1, -0.05) is 12.8 Å². The minimum Gasteiger partial charge on any atom is -0.486 e. The Labute approximate surface area is 177 Å². The molecule has 3 heterocycles. The molecule has 3 aliphatic heterocycles. The van der Waals surface area contributed by atoms with Crippen LogP contribution in [0.5, 0.6) is 11.5 Å². The Balaban J connectivity index is 1.20. The van der Waals surface area contributed by atoms with E-state index in [9.17, 15) is 9.59 Å². The van der Waals surface area contributed by atoms with Crippen LogP contribution >= 0.6 is 0 Å². The van der Waals surface area contributed by atoms with Crippen molar-refractivity contribution in [3.05, 3.63) is 18.2 Å². The molecular formula is C22H32N4O4. The van der Waals surface area contributed by atoms with E-state index in [0.717, 1.165) is 18.7 Å². The molecule has 164 valence electrons. The molecule has 2 N–H and O–H groups in total. The lowest BCUT2D eigenvalue weighted by molar-refractivity contribution is -0.117. The Morgan fingerprint density at radius 3 is 2.63 bits per heavy atom. The highest BCUT2D eigenvalue weighted by Gasteiger charge is 2.32. The van der Waals surface area contributed by atoms with Crippen LogP contribution in [-0.2, 0) is 4.79 Å². The molecule has 0 radical (unpaired) electrons.